The molecule has 166 valence electrons. The van der Waals surface area contributed by atoms with Gasteiger partial charge in [-0.3, -0.25) is 9.67 Å². The van der Waals surface area contributed by atoms with E-state index in [1.54, 1.807) is 6.20 Å². The number of aliphatic imine (C=N–C) groups is 1. The fraction of sp³-hybridized carbons (Fsp3) is 0.524. The number of halogens is 2. The Morgan fingerprint density at radius 2 is 2.03 bits per heavy atom. The molecular formula is C21H31ClIN5OS. The quantitative estimate of drug-likeness (QED) is 0.286. The molecule has 6 nitrogen and oxygen atoms in total. The average Bonchev–Trinajstić information content (AvgIpc) is 3.28. The maximum atomic E-state index is 6.07. The molecule has 0 amide bonds. The number of ether oxygens (including phenoxy) is 1. The molecule has 1 aromatic heterocycles. The lowest BCUT2D eigenvalue weighted by molar-refractivity contribution is 0.0794. The van der Waals surface area contributed by atoms with E-state index in [9.17, 15) is 0 Å². The minimum atomic E-state index is 0. The van der Waals surface area contributed by atoms with Crippen LogP contribution in [0.5, 0.6) is 0 Å². The molecule has 1 aromatic carbocycles. The topological polar surface area (TPSA) is 63.5 Å². The van der Waals surface area contributed by atoms with Crippen molar-refractivity contribution in [2.45, 2.75) is 30.6 Å². The number of rotatable bonds is 8. The third-order valence-corrected chi connectivity index (χ3v) is 6.92. The van der Waals surface area contributed by atoms with Gasteiger partial charge in [0.2, 0.25) is 0 Å². The van der Waals surface area contributed by atoms with Crippen LogP contribution in [-0.4, -0.2) is 59.6 Å². The highest BCUT2D eigenvalue weighted by molar-refractivity contribution is 14.0. The first-order chi connectivity index (χ1) is 14.2. The van der Waals surface area contributed by atoms with Crippen molar-refractivity contribution in [2.24, 2.45) is 4.99 Å². The van der Waals surface area contributed by atoms with Crippen molar-refractivity contribution in [1.82, 2.24) is 20.4 Å². The van der Waals surface area contributed by atoms with E-state index in [4.69, 9.17) is 21.3 Å². The molecule has 1 atom stereocenters. The predicted octanol–water partition coefficient (Wildman–Crippen LogP) is 4.21. The second-order valence-electron chi connectivity index (χ2n) is 7.13. The molecule has 1 aliphatic heterocycles. The summed E-state index contributed by atoms with van der Waals surface area (Å²) in [5.41, 5.74) is 1.14. The maximum Gasteiger partial charge on any atom is 0.191 e. The van der Waals surface area contributed by atoms with Crippen LogP contribution < -0.4 is 10.6 Å². The van der Waals surface area contributed by atoms with Gasteiger partial charge in [-0.05, 0) is 49.8 Å². The number of nitrogens with one attached hydrogen (secondary N) is 2. The number of nitrogens with zero attached hydrogens (tertiary/aromatic N) is 3. The molecule has 2 aromatic rings. The SMILES string of the molecule is CCNC(=NCC1(SC)CCOCC1)NCC(c1ccc(Cl)cc1)n1cccn1.I. The van der Waals surface area contributed by atoms with Gasteiger partial charge in [-0.15, -0.1) is 24.0 Å². The number of thioether (sulfide) groups is 1. The zero-order valence-electron chi connectivity index (χ0n) is 17.5. The number of aromatic nitrogens is 2. The zero-order valence-corrected chi connectivity index (χ0v) is 21.4. The first-order valence-corrected chi connectivity index (χ1v) is 11.7. The van der Waals surface area contributed by atoms with Gasteiger partial charge < -0.3 is 15.4 Å². The molecule has 1 aliphatic rings. The molecule has 2 N–H and O–H groups in total. The van der Waals surface area contributed by atoms with Gasteiger partial charge in [0, 0.05) is 48.5 Å². The van der Waals surface area contributed by atoms with Crippen LogP contribution in [0.25, 0.3) is 0 Å². The fourth-order valence-electron chi connectivity index (χ4n) is 3.44. The first-order valence-electron chi connectivity index (χ1n) is 10.1. The van der Waals surface area contributed by atoms with E-state index in [0.717, 1.165) is 55.7 Å². The van der Waals surface area contributed by atoms with Crippen LogP contribution >= 0.6 is 47.3 Å². The molecule has 9 heteroatoms. The number of guanidine groups is 1. The van der Waals surface area contributed by atoms with E-state index in [1.165, 1.54) is 0 Å². The van der Waals surface area contributed by atoms with Crippen molar-refractivity contribution >= 4 is 53.3 Å². The van der Waals surface area contributed by atoms with Crippen molar-refractivity contribution in [2.75, 3.05) is 39.1 Å². The molecule has 30 heavy (non-hydrogen) atoms. The predicted molar refractivity (Wildman–Crippen MR) is 138 cm³/mol. The summed E-state index contributed by atoms with van der Waals surface area (Å²) in [5.74, 6) is 0.832. The van der Waals surface area contributed by atoms with Gasteiger partial charge >= 0.3 is 0 Å². The van der Waals surface area contributed by atoms with Gasteiger partial charge in [0.1, 0.15) is 0 Å². The van der Waals surface area contributed by atoms with Gasteiger partial charge in [0.05, 0.1) is 12.6 Å². The zero-order chi connectivity index (χ0) is 20.5. The molecule has 1 saturated heterocycles. The lowest BCUT2D eigenvalue weighted by Crippen LogP contribution is -2.42. The summed E-state index contributed by atoms with van der Waals surface area (Å²) < 4.78 is 7.67. The summed E-state index contributed by atoms with van der Waals surface area (Å²) in [6.45, 7) is 5.98. The molecule has 0 aliphatic carbocycles. The van der Waals surface area contributed by atoms with Gasteiger partial charge in [0.15, 0.2) is 5.96 Å². The third kappa shape index (κ3) is 7.03. The summed E-state index contributed by atoms with van der Waals surface area (Å²) in [7, 11) is 0. The summed E-state index contributed by atoms with van der Waals surface area (Å²) in [5, 5.41) is 12.1. The Labute approximate surface area is 205 Å². The van der Waals surface area contributed by atoms with Gasteiger partial charge in [0.25, 0.3) is 0 Å². The molecule has 1 fully saturated rings. The van der Waals surface area contributed by atoms with Gasteiger partial charge in [-0.1, -0.05) is 23.7 Å². The van der Waals surface area contributed by atoms with E-state index < -0.39 is 0 Å². The van der Waals surface area contributed by atoms with Crippen molar-refractivity contribution in [3.63, 3.8) is 0 Å². The van der Waals surface area contributed by atoms with Crippen LogP contribution in [0.3, 0.4) is 0 Å². The van der Waals surface area contributed by atoms with Crippen molar-refractivity contribution in [3.8, 4) is 0 Å². The Morgan fingerprint density at radius 3 is 2.63 bits per heavy atom. The standard InChI is InChI=1S/C21H30ClN5OS.HI/c1-3-23-20(25-16-21(29-2)9-13-28-14-10-21)24-15-19(27-12-4-11-26-27)17-5-7-18(22)8-6-17;/h4-8,11-12,19H,3,9-10,13-16H2,1-2H3,(H2,23,24,25);1H. The first kappa shape index (κ1) is 25.3. The normalized spacial score (nSPS) is 17.1. The van der Waals surface area contributed by atoms with Crippen LogP contribution in [0.4, 0.5) is 0 Å². The summed E-state index contributed by atoms with van der Waals surface area (Å²) in [4.78, 5) is 4.91. The number of hydrogen-bond acceptors (Lipinski definition) is 4. The molecule has 0 radical (unpaired) electrons. The van der Waals surface area contributed by atoms with Crippen LogP contribution in [0.2, 0.25) is 5.02 Å². The van der Waals surface area contributed by atoms with Crippen LogP contribution in [0, 0.1) is 0 Å². The summed E-state index contributed by atoms with van der Waals surface area (Å²) in [6.07, 6.45) is 8.04. The molecule has 0 bridgehead atoms. The molecule has 0 saturated carbocycles. The monoisotopic (exact) mass is 563 g/mol. The Bertz CT molecular complexity index is 766. The Hall–Kier alpha value is -0.970. The lowest BCUT2D eigenvalue weighted by atomic mass is 9.99. The highest BCUT2D eigenvalue weighted by Crippen LogP contribution is 2.34. The van der Waals surface area contributed by atoms with Crippen LogP contribution in [0.15, 0.2) is 47.7 Å². The largest absolute Gasteiger partial charge is 0.381 e. The van der Waals surface area contributed by atoms with E-state index in [2.05, 4.69) is 28.9 Å². The Morgan fingerprint density at radius 1 is 1.30 bits per heavy atom. The third-order valence-electron chi connectivity index (χ3n) is 5.27. The smallest absolute Gasteiger partial charge is 0.191 e. The second-order valence-corrected chi connectivity index (χ2v) is 8.84. The van der Waals surface area contributed by atoms with E-state index in [1.807, 2.05) is 53.0 Å². The lowest BCUT2D eigenvalue weighted by Gasteiger charge is -2.34. The van der Waals surface area contributed by atoms with Crippen molar-refractivity contribution < 1.29 is 4.74 Å². The van der Waals surface area contributed by atoms with E-state index in [-0.39, 0.29) is 34.8 Å². The highest BCUT2D eigenvalue weighted by atomic mass is 127. The van der Waals surface area contributed by atoms with Gasteiger partial charge in [-0.25, -0.2) is 0 Å². The summed E-state index contributed by atoms with van der Waals surface area (Å²) in [6, 6.07) is 9.91. The summed E-state index contributed by atoms with van der Waals surface area (Å²) >= 11 is 7.98. The minimum absolute atomic E-state index is 0. The van der Waals surface area contributed by atoms with Crippen molar-refractivity contribution in [1.29, 1.82) is 0 Å². The van der Waals surface area contributed by atoms with E-state index in [0.29, 0.717) is 6.54 Å². The maximum absolute atomic E-state index is 6.07. The van der Waals surface area contributed by atoms with Crippen LogP contribution in [0.1, 0.15) is 31.4 Å². The molecule has 1 unspecified atom stereocenters. The van der Waals surface area contributed by atoms with Gasteiger partial charge in [-0.2, -0.15) is 16.9 Å². The average molecular weight is 564 g/mol. The van der Waals surface area contributed by atoms with E-state index >= 15 is 0 Å². The highest BCUT2D eigenvalue weighted by Gasteiger charge is 2.31. The number of hydrogen-bond donors (Lipinski definition) is 2. The molecule has 2 heterocycles. The second kappa shape index (κ2) is 12.8. The molecule has 3 rings (SSSR count). The minimum Gasteiger partial charge on any atom is -0.381 e. The Kier molecular flexibility index (Phi) is 10.8. The van der Waals surface area contributed by atoms with Crippen molar-refractivity contribution in [3.05, 3.63) is 53.3 Å². The number of benzene rings is 1. The molecular weight excluding hydrogens is 533 g/mol. The van der Waals surface area contributed by atoms with Crippen LogP contribution in [-0.2, 0) is 4.74 Å². The molecule has 0 spiro atoms. The fourth-order valence-corrected chi connectivity index (χ4v) is 4.34. The Balaban J connectivity index is 0.00000320.